The molecule has 0 aliphatic heterocycles. The van der Waals surface area contributed by atoms with Crippen LogP contribution in [-0.4, -0.2) is 13.1 Å². The fourth-order valence-corrected chi connectivity index (χ4v) is 2.99. The molecule has 0 heterocycles. The number of benzene rings is 1. The Bertz CT molecular complexity index is 750. The van der Waals surface area contributed by atoms with E-state index in [4.69, 9.17) is 14.7 Å². The third kappa shape index (κ3) is 4.05. The fraction of sp³-hybridized carbons (Fsp3) is 0.474. The van der Waals surface area contributed by atoms with E-state index in [9.17, 15) is 13.6 Å². The Morgan fingerprint density at radius 1 is 1.28 bits per heavy atom. The summed E-state index contributed by atoms with van der Waals surface area (Å²) in [5.41, 5.74) is 0.302. The zero-order valence-corrected chi connectivity index (χ0v) is 14.7. The number of carbonyl (C=O) groups excluding carboxylic acids is 1. The van der Waals surface area contributed by atoms with Gasteiger partial charge in [0.2, 0.25) is 0 Å². The van der Waals surface area contributed by atoms with Gasteiger partial charge in [-0.05, 0) is 30.4 Å². The third-order valence-electron chi connectivity index (χ3n) is 4.66. The van der Waals surface area contributed by atoms with Gasteiger partial charge in [-0.2, -0.15) is 5.26 Å². The first-order valence-electron chi connectivity index (χ1n) is 7.93. The molecule has 134 valence electrons. The van der Waals surface area contributed by atoms with E-state index in [1.54, 1.807) is 13.0 Å². The number of ether oxygens (including phenoxy) is 2. The summed E-state index contributed by atoms with van der Waals surface area (Å²) in [5, 5.41) is 8.86. The molecule has 0 spiro atoms. The average Bonchev–Trinajstić information content (AvgIpc) is 3.09. The van der Waals surface area contributed by atoms with Crippen LogP contribution in [0.2, 0.25) is 0 Å². The van der Waals surface area contributed by atoms with Gasteiger partial charge in [-0.3, -0.25) is 4.79 Å². The Morgan fingerprint density at radius 3 is 2.36 bits per heavy atom. The summed E-state index contributed by atoms with van der Waals surface area (Å²) in [6, 6.07) is 4.09. The zero-order valence-electron chi connectivity index (χ0n) is 14.7. The summed E-state index contributed by atoms with van der Waals surface area (Å²) in [6.45, 7) is 5.12. The highest BCUT2D eigenvalue weighted by atomic mass is 19.1. The van der Waals surface area contributed by atoms with Crippen molar-refractivity contribution >= 4 is 5.97 Å². The molecule has 1 saturated carbocycles. The maximum Gasteiger partial charge on any atom is 0.310 e. The van der Waals surface area contributed by atoms with Crippen molar-refractivity contribution in [2.24, 2.45) is 17.3 Å². The van der Waals surface area contributed by atoms with Crippen LogP contribution < -0.4 is 0 Å². The molecular weight excluding hydrogens is 328 g/mol. The van der Waals surface area contributed by atoms with E-state index in [0.717, 1.165) is 12.1 Å². The Kier molecular flexibility index (Phi) is 5.58. The topological polar surface area (TPSA) is 59.3 Å². The first-order chi connectivity index (χ1) is 11.7. The first kappa shape index (κ1) is 19.1. The summed E-state index contributed by atoms with van der Waals surface area (Å²) >= 11 is 0. The quantitative estimate of drug-likeness (QED) is 0.577. The van der Waals surface area contributed by atoms with Gasteiger partial charge < -0.3 is 9.47 Å². The van der Waals surface area contributed by atoms with Crippen LogP contribution in [0.4, 0.5) is 8.78 Å². The number of rotatable bonds is 6. The molecule has 0 bridgehead atoms. The summed E-state index contributed by atoms with van der Waals surface area (Å²) in [7, 11) is 1.39. The van der Waals surface area contributed by atoms with Gasteiger partial charge in [0.25, 0.3) is 0 Å². The predicted octanol–water partition coefficient (Wildman–Crippen LogP) is 3.90. The highest BCUT2D eigenvalue weighted by Gasteiger charge is 2.61. The lowest BCUT2D eigenvalue weighted by atomic mass is 10.1. The van der Waals surface area contributed by atoms with E-state index in [-0.39, 0.29) is 35.7 Å². The Hall–Kier alpha value is -2.26. The molecule has 4 nitrogen and oxygen atoms in total. The standard InChI is InChI=1S/C19H21F2NO3/c1-11(8-22)5-14-17(19(14,2)3)18(23)25-10-13-7-15(20)12(9-24-4)6-16(13)21/h5-7,14,17H,9-10H2,1-4H3. The molecule has 0 saturated heterocycles. The molecule has 25 heavy (non-hydrogen) atoms. The number of carbonyl (C=O) groups is 1. The van der Waals surface area contributed by atoms with Crippen molar-refractivity contribution in [2.45, 2.75) is 34.0 Å². The molecule has 0 radical (unpaired) electrons. The maximum absolute atomic E-state index is 14.0. The monoisotopic (exact) mass is 349 g/mol. The van der Waals surface area contributed by atoms with Crippen LogP contribution in [-0.2, 0) is 27.5 Å². The molecule has 2 unspecified atom stereocenters. The molecule has 0 aromatic heterocycles. The highest BCUT2D eigenvalue weighted by Crippen LogP contribution is 2.59. The molecule has 2 rings (SSSR count). The van der Waals surface area contributed by atoms with Crippen LogP contribution in [0.25, 0.3) is 0 Å². The third-order valence-corrected chi connectivity index (χ3v) is 4.66. The molecule has 1 aliphatic carbocycles. The highest BCUT2D eigenvalue weighted by molar-refractivity contribution is 5.78. The van der Waals surface area contributed by atoms with Crippen molar-refractivity contribution in [3.63, 3.8) is 0 Å². The number of nitrogens with zero attached hydrogens (tertiary/aromatic N) is 1. The van der Waals surface area contributed by atoms with Gasteiger partial charge in [0, 0.05) is 23.8 Å². The lowest BCUT2D eigenvalue weighted by Crippen LogP contribution is -2.12. The molecule has 1 fully saturated rings. The summed E-state index contributed by atoms with van der Waals surface area (Å²) < 4.78 is 37.8. The van der Waals surface area contributed by atoms with E-state index in [2.05, 4.69) is 0 Å². The number of hydrogen-bond donors (Lipinski definition) is 0. The number of halogens is 2. The van der Waals surface area contributed by atoms with Gasteiger partial charge in [-0.15, -0.1) is 0 Å². The molecule has 1 aromatic carbocycles. The summed E-state index contributed by atoms with van der Waals surface area (Å²) in [5.74, 6) is -2.21. The van der Waals surface area contributed by atoms with Crippen molar-refractivity contribution in [3.8, 4) is 6.07 Å². The minimum Gasteiger partial charge on any atom is -0.460 e. The van der Waals surface area contributed by atoms with Gasteiger partial charge in [0.15, 0.2) is 0 Å². The molecule has 0 N–H and O–H groups in total. The lowest BCUT2D eigenvalue weighted by molar-refractivity contribution is -0.147. The number of methoxy groups -OCH3 is 1. The van der Waals surface area contributed by atoms with Gasteiger partial charge >= 0.3 is 5.97 Å². The van der Waals surface area contributed by atoms with Gasteiger partial charge in [-0.25, -0.2) is 8.78 Å². The smallest absolute Gasteiger partial charge is 0.310 e. The Labute approximate surface area is 146 Å². The minimum atomic E-state index is -0.645. The van der Waals surface area contributed by atoms with Crippen LogP contribution in [0.5, 0.6) is 0 Å². The van der Waals surface area contributed by atoms with Crippen molar-refractivity contribution < 1.29 is 23.0 Å². The molecule has 2 atom stereocenters. The molecule has 1 aromatic rings. The van der Waals surface area contributed by atoms with E-state index in [0.29, 0.717) is 5.57 Å². The van der Waals surface area contributed by atoms with E-state index in [1.807, 2.05) is 19.9 Å². The predicted molar refractivity (Wildman–Crippen MR) is 87.0 cm³/mol. The molecule has 6 heteroatoms. The van der Waals surface area contributed by atoms with Crippen LogP contribution in [0, 0.1) is 40.2 Å². The summed E-state index contributed by atoms with van der Waals surface area (Å²) in [6.07, 6.45) is 1.76. The zero-order chi connectivity index (χ0) is 18.8. The van der Waals surface area contributed by atoms with Gasteiger partial charge in [0.1, 0.15) is 18.2 Å². The van der Waals surface area contributed by atoms with Crippen molar-refractivity contribution in [3.05, 3.63) is 46.5 Å². The fourth-order valence-electron chi connectivity index (χ4n) is 2.99. The van der Waals surface area contributed by atoms with Gasteiger partial charge in [-0.1, -0.05) is 19.9 Å². The van der Waals surface area contributed by atoms with Crippen LogP contribution in [0.1, 0.15) is 31.9 Å². The second-order valence-corrected chi connectivity index (χ2v) is 6.86. The molecule has 0 amide bonds. The normalized spacial score (nSPS) is 21.6. The second kappa shape index (κ2) is 7.32. The number of allylic oxidation sites excluding steroid dienone is 2. The number of nitriles is 1. The SMILES string of the molecule is COCc1cc(F)c(COC(=O)C2C(C=C(C)C#N)C2(C)C)cc1F. The molecule has 1 aliphatic rings. The Morgan fingerprint density at radius 2 is 1.84 bits per heavy atom. The first-order valence-corrected chi connectivity index (χ1v) is 7.93. The van der Waals surface area contributed by atoms with Crippen LogP contribution in [0.3, 0.4) is 0 Å². The maximum atomic E-state index is 14.0. The largest absolute Gasteiger partial charge is 0.460 e. The van der Waals surface area contributed by atoms with Crippen molar-refractivity contribution in [2.75, 3.05) is 7.11 Å². The van der Waals surface area contributed by atoms with Crippen molar-refractivity contribution in [1.82, 2.24) is 0 Å². The number of esters is 1. The lowest BCUT2D eigenvalue weighted by Gasteiger charge is -2.09. The Balaban J connectivity index is 2.04. The summed E-state index contributed by atoms with van der Waals surface area (Å²) in [4.78, 5) is 12.3. The molecular formula is C19H21F2NO3. The minimum absolute atomic E-state index is 0.0237. The second-order valence-electron chi connectivity index (χ2n) is 6.86. The van der Waals surface area contributed by atoms with Crippen molar-refractivity contribution in [1.29, 1.82) is 5.26 Å². The van der Waals surface area contributed by atoms with E-state index >= 15 is 0 Å². The van der Waals surface area contributed by atoms with E-state index in [1.165, 1.54) is 7.11 Å². The number of hydrogen-bond acceptors (Lipinski definition) is 4. The van der Waals surface area contributed by atoms with Crippen LogP contribution >= 0.6 is 0 Å². The van der Waals surface area contributed by atoms with E-state index < -0.39 is 23.5 Å². The average molecular weight is 349 g/mol. The van der Waals surface area contributed by atoms with Crippen LogP contribution in [0.15, 0.2) is 23.8 Å². The van der Waals surface area contributed by atoms with Gasteiger partial charge in [0.05, 0.1) is 18.6 Å².